The molecule has 1 aromatic rings. The van der Waals surface area contributed by atoms with Crippen molar-refractivity contribution in [2.75, 3.05) is 17.7 Å². The van der Waals surface area contributed by atoms with E-state index in [1.807, 2.05) is 19.9 Å². The van der Waals surface area contributed by atoms with Crippen LogP contribution in [0, 0.1) is 10.1 Å². The van der Waals surface area contributed by atoms with Gasteiger partial charge in [0.1, 0.15) is 0 Å². The number of benzene rings is 1. The Morgan fingerprint density at radius 1 is 1.27 bits per heavy atom. The highest BCUT2D eigenvalue weighted by atomic mass is 16.6. The summed E-state index contributed by atoms with van der Waals surface area (Å²) < 4.78 is 0. The Labute approximate surface area is 88.6 Å². The molecule has 1 rings (SSSR count). The monoisotopic (exact) mass is 209 g/mol. The van der Waals surface area contributed by atoms with Crippen LogP contribution in [0.4, 0.5) is 17.1 Å². The molecule has 0 aliphatic rings. The van der Waals surface area contributed by atoms with Crippen molar-refractivity contribution in [3.63, 3.8) is 0 Å². The number of nitrogens with zero attached hydrogens (tertiary/aromatic N) is 1. The molecular formula is C10H15N3O2. The van der Waals surface area contributed by atoms with Crippen LogP contribution in [0.5, 0.6) is 0 Å². The number of rotatable bonds is 4. The quantitative estimate of drug-likeness (QED) is 0.590. The highest BCUT2D eigenvalue weighted by molar-refractivity contribution is 5.63. The molecule has 5 heteroatoms. The summed E-state index contributed by atoms with van der Waals surface area (Å²) >= 11 is 0. The molecule has 0 aliphatic carbocycles. The van der Waals surface area contributed by atoms with E-state index in [4.69, 9.17) is 0 Å². The van der Waals surface area contributed by atoms with Crippen LogP contribution < -0.4 is 10.6 Å². The Bertz CT molecular complexity index is 364. The minimum Gasteiger partial charge on any atom is -0.388 e. The van der Waals surface area contributed by atoms with Crippen molar-refractivity contribution in [1.82, 2.24) is 0 Å². The van der Waals surface area contributed by atoms with Crippen LogP contribution in [-0.2, 0) is 0 Å². The second-order valence-electron chi connectivity index (χ2n) is 3.57. The molecular weight excluding hydrogens is 194 g/mol. The number of anilines is 2. The van der Waals surface area contributed by atoms with Crippen LogP contribution in [-0.4, -0.2) is 18.0 Å². The van der Waals surface area contributed by atoms with Crippen LogP contribution in [0.2, 0.25) is 0 Å². The molecule has 0 unspecified atom stereocenters. The predicted octanol–water partition coefficient (Wildman–Crippen LogP) is 2.46. The van der Waals surface area contributed by atoms with Crippen LogP contribution in [0.15, 0.2) is 18.2 Å². The van der Waals surface area contributed by atoms with E-state index in [0.29, 0.717) is 0 Å². The van der Waals surface area contributed by atoms with Crippen molar-refractivity contribution in [1.29, 1.82) is 0 Å². The molecule has 0 saturated carbocycles. The lowest BCUT2D eigenvalue weighted by atomic mass is 10.2. The number of nitro groups is 1. The van der Waals surface area contributed by atoms with Gasteiger partial charge in [-0.25, -0.2) is 0 Å². The van der Waals surface area contributed by atoms with Gasteiger partial charge in [-0.05, 0) is 19.9 Å². The zero-order valence-corrected chi connectivity index (χ0v) is 9.07. The summed E-state index contributed by atoms with van der Waals surface area (Å²) in [6, 6.07) is 5.12. The predicted molar refractivity (Wildman–Crippen MR) is 61.4 cm³/mol. The first-order valence-corrected chi connectivity index (χ1v) is 4.76. The molecule has 0 bridgehead atoms. The Morgan fingerprint density at radius 2 is 1.87 bits per heavy atom. The summed E-state index contributed by atoms with van der Waals surface area (Å²) in [6.45, 7) is 3.97. The average Bonchev–Trinajstić information content (AvgIpc) is 2.16. The summed E-state index contributed by atoms with van der Waals surface area (Å²) in [5, 5.41) is 16.7. The zero-order chi connectivity index (χ0) is 11.4. The molecule has 0 fully saturated rings. The fourth-order valence-corrected chi connectivity index (χ4v) is 1.28. The van der Waals surface area contributed by atoms with E-state index in [9.17, 15) is 10.1 Å². The number of hydrogen-bond donors (Lipinski definition) is 2. The Kier molecular flexibility index (Phi) is 3.49. The van der Waals surface area contributed by atoms with E-state index in [-0.39, 0.29) is 11.7 Å². The standard InChI is InChI=1S/C10H15N3O2/c1-7(2)12-9-4-8(11-3)5-10(6-9)13(14)15/h4-7,11-12H,1-3H3. The van der Waals surface area contributed by atoms with E-state index < -0.39 is 4.92 Å². The molecule has 0 spiro atoms. The Balaban J connectivity index is 3.05. The molecule has 0 saturated heterocycles. The van der Waals surface area contributed by atoms with Gasteiger partial charge in [-0.1, -0.05) is 0 Å². The van der Waals surface area contributed by atoms with Crippen LogP contribution >= 0.6 is 0 Å². The number of hydrogen-bond acceptors (Lipinski definition) is 4. The third-order valence-corrected chi connectivity index (χ3v) is 1.87. The summed E-state index contributed by atoms with van der Waals surface area (Å²) in [7, 11) is 1.73. The van der Waals surface area contributed by atoms with Gasteiger partial charge in [0, 0.05) is 36.6 Å². The maximum Gasteiger partial charge on any atom is 0.273 e. The molecule has 0 amide bonds. The largest absolute Gasteiger partial charge is 0.388 e. The van der Waals surface area contributed by atoms with Gasteiger partial charge in [-0.2, -0.15) is 0 Å². The molecule has 15 heavy (non-hydrogen) atoms. The van der Waals surface area contributed by atoms with E-state index in [1.165, 1.54) is 12.1 Å². The lowest BCUT2D eigenvalue weighted by Crippen LogP contribution is -2.10. The van der Waals surface area contributed by atoms with E-state index in [1.54, 1.807) is 7.05 Å². The molecule has 2 N–H and O–H groups in total. The summed E-state index contributed by atoms with van der Waals surface area (Å²) in [5.74, 6) is 0. The van der Waals surface area contributed by atoms with Crippen molar-refractivity contribution in [3.05, 3.63) is 28.3 Å². The first-order chi connectivity index (χ1) is 7.02. The molecule has 0 aromatic heterocycles. The molecule has 0 heterocycles. The fraction of sp³-hybridized carbons (Fsp3) is 0.400. The first-order valence-electron chi connectivity index (χ1n) is 4.76. The van der Waals surface area contributed by atoms with Crippen molar-refractivity contribution < 1.29 is 4.92 Å². The highest BCUT2D eigenvalue weighted by Crippen LogP contribution is 2.24. The van der Waals surface area contributed by atoms with E-state index in [0.717, 1.165) is 11.4 Å². The summed E-state index contributed by atoms with van der Waals surface area (Å²) in [4.78, 5) is 10.3. The third kappa shape index (κ3) is 3.12. The lowest BCUT2D eigenvalue weighted by molar-refractivity contribution is -0.384. The normalized spacial score (nSPS) is 10.1. The number of non-ortho nitro benzene ring substituents is 1. The van der Waals surface area contributed by atoms with Gasteiger partial charge in [0.05, 0.1) is 4.92 Å². The van der Waals surface area contributed by atoms with Gasteiger partial charge in [0.15, 0.2) is 0 Å². The number of nitro benzene ring substituents is 1. The zero-order valence-electron chi connectivity index (χ0n) is 9.07. The van der Waals surface area contributed by atoms with Gasteiger partial charge < -0.3 is 10.6 Å². The lowest BCUT2D eigenvalue weighted by Gasteiger charge is -2.11. The van der Waals surface area contributed by atoms with Crippen LogP contribution in [0.3, 0.4) is 0 Å². The maximum absolute atomic E-state index is 10.7. The van der Waals surface area contributed by atoms with E-state index in [2.05, 4.69) is 10.6 Å². The van der Waals surface area contributed by atoms with Gasteiger partial charge in [0.2, 0.25) is 0 Å². The van der Waals surface area contributed by atoms with E-state index >= 15 is 0 Å². The van der Waals surface area contributed by atoms with Crippen molar-refractivity contribution in [2.45, 2.75) is 19.9 Å². The minimum atomic E-state index is -0.396. The SMILES string of the molecule is CNc1cc(NC(C)C)cc([N+](=O)[O-])c1. The molecule has 0 aliphatic heterocycles. The topological polar surface area (TPSA) is 67.2 Å². The summed E-state index contributed by atoms with van der Waals surface area (Å²) in [6.07, 6.45) is 0. The van der Waals surface area contributed by atoms with Gasteiger partial charge in [-0.3, -0.25) is 10.1 Å². The van der Waals surface area contributed by atoms with Crippen LogP contribution in [0.25, 0.3) is 0 Å². The molecule has 0 atom stereocenters. The fourth-order valence-electron chi connectivity index (χ4n) is 1.28. The smallest absolute Gasteiger partial charge is 0.273 e. The Morgan fingerprint density at radius 3 is 2.33 bits per heavy atom. The third-order valence-electron chi connectivity index (χ3n) is 1.87. The van der Waals surface area contributed by atoms with Crippen LogP contribution in [0.1, 0.15) is 13.8 Å². The number of nitrogens with one attached hydrogen (secondary N) is 2. The van der Waals surface area contributed by atoms with Gasteiger partial charge >= 0.3 is 0 Å². The van der Waals surface area contributed by atoms with Gasteiger partial charge in [-0.15, -0.1) is 0 Å². The Hall–Kier alpha value is -1.78. The average molecular weight is 209 g/mol. The molecule has 5 nitrogen and oxygen atoms in total. The first kappa shape index (κ1) is 11.3. The molecule has 1 aromatic carbocycles. The molecule has 0 radical (unpaired) electrons. The van der Waals surface area contributed by atoms with Crippen molar-refractivity contribution >= 4 is 17.1 Å². The molecule has 82 valence electrons. The minimum absolute atomic E-state index is 0.0880. The maximum atomic E-state index is 10.7. The second kappa shape index (κ2) is 4.63. The summed E-state index contributed by atoms with van der Waals surface area (Å²) in [5.41, 5.74) is 1.57. The highest BCUT2D eigenvalue weighted by Gasteiger charge is 2.09. The second-order valence-corrected chi connectivity index (χ2v) is 3.57. The van der Waals surface area contributed by atoms with Gasteiger partial charge in [0.25, 0.3) is 5.69 Å². The van der Waals surface area contributed by atoms with Crippen molar-refractivity contribution in [2.24, 2.45) is 0 Å². The van der Waals surface area contributed by atoms with Crippen molar-refractivity contribution in [3.8, 4) is 0 Å².